The van der Waals surface area contributed by atoms with Gasteiger partial charge in [-0.05, 0) is 18.4 Å². The predicted octanol–water partition coefficient (Wildman–Crippen LogP) is 1.86. The van der Waals surface area contributed by atoms with E-state index < -0.39 is 0 Å². The maximum absolute atomic E-state index is 8.80. The second kappa shape index (κ2) is 4.72. The molecule has 1 spiro atoms. The summed E-state index contributed by atoms with van der Waals surface area (Å²) in [5, 5.41) is 8.80. The molecule has 1 heterocycles. The van der Waals surface area contributed by atoms with Gasteiger partial charge in [0.2, 0.25) is 0 Å². The zero-order chi connectivity index (χ0) is 12.4. The van der Waals surface area contributed by atoms with Crippen molar-refractivity contribution in [2.75, 3.05) is 26.2 Å². The monoisotopic (exact) mass is 241 g/mol. The van der Waals surface area contributed by atoms with Crippen molar-refractivity contribution >= 4 is 0 Å². The van der Waals surface area contributed by atoms with Gasteiger partial charge in [-0.15, -0.1) is 0 Å². The molecular weight excluding hydrogens is 222 g/mol. The van der Waals surface area contributed by atoms with Crippen LogP contribution in [0, 0.1) is 11.3 Å². The Morgan fingerprint density at radius 1 is 1.17 bits per heavy atom. The first kappa shape index (κ1) is 11.7. The van der Waals surface area contributed by atoms with Crippen molar-refractivity contribution in [1.29, 1.82) is 5.26 Å². The van der Waals surface area contributed by atoms with Crippen LogP contribution in [-0.2, 0) is 6.54 Å². The minimum absolute atomic E-state index is 0.380. The molecule has 1 aliphatic heterocycles. The number of nitrogens with zero attached hydrogens (tertiary/aromatic N) is 3. The van der Waals surface area contributed by atoms with Gasteiger partial charge < -0.3 is 0 Å². The molecule has 0 unspecified atom stereocenters. The number of hydrogen-bond donors (Lipinski definition) is 0. The Morgan fingerprint density at radius 3 is 2.61 bits per heavy atom. The molecule has 0 aromatic heterocycles. The fraction of sp³-hybridized carbons (Fsp3) is 0.533. The molecule has 1 aromatic carbocycles. The van der Waals surface area contributed by atoms with E-state index in [4.69, 9.17) is 5.26 Å². The van der Waals surface area contributed by atoms with Crippen LogP contribution in [0.5, 0.6) is 0 Å². The van der Waals surface area contributed by atoms with Crippen molar-refractivity contribution < 1.29 is 0 Å². The average Bonchev–Trinajstić information content (AvgIpc) is 3.15. The fourth-order valence-electron chi connectivity index (χ4n) is 3.00. The van der Waals surface area contributed by atoms with Crippen molar-refractivity contribution in [2.45, 2.75) is 24.9 Å². The van der Waals surface area contributed by atoms with Crippen molar-refractivity contribution in [3.63, 3.8) is 0 Å². The fourth-order valence-corrected chi connectivity index (χ4v) is 3.00. The Morgan fingerprint density at radius 2 is 1.94 bits per heavy atom. The number of benzene rings is 1. The summed E-state index contributed by atoms with van der Waals surface area (Å²) in [6.07, 6.45) is 2.59. The largest absolute Gasteiger partial charge is 0.291 e. The second-order valence-electron chi connectivity index (χ2n) is 5.50. The molecule has 2 fully saturated rings. The summed E-state index contributed by atoms with van der Waals surface area (Å²) in [6, 6.07) is 13.0. The molecule has 3 rings (SSSR count). The van der Waals surface area contributed by atoms with E-state index in [1.165, 1.54) is 18.4 Å². The average molecular weight is 241 g/mol. The van der Waals surface area contributed by atoms with Crippen LogP contribution in [0.15, 0.2) is 30.3 Å². The molecule has 3 heteroatoms. The summed E-state index contributed by atoms with van der Waals surface area (Å²) in [5.74, 6) is 0. The van der Waals surface area contributed by atoms with Crippen LogP contribution in [0.1, 0.15) is 18.4 Å². The molecule has 2 aliphatic rings. The lowest BCUT2D eigenvalue weighted by atomic mass is 10.1. The third-order valence-electron chi connectivity index (χ3n) is 4.21. The highest BCUT2D eigenvalue weighted by molar-refractivity contribution is 5.17. The Bertz CT molecular complexity index is 445. The van der Waals surface area contributed by atoms with Crippen molar-refractivity contribution in [3.8, 4) is 6.07 Å². The van der Waals surface area contributed by atoms with Crippen molar-refractivity contribution in [1.82, 2.24) is 9.80 Å². The highest BCUT2D eigenvalue weighted by Gasteiger charge is 2.50. The first-order chi connectivity index (χ1) is 8.82. The summed E-state index contributed by atoms with van der Waals surface area (Å²) < 4.78 is 0. The minimum atomic E-state index is 0.380. The summed E-state index contributed by atoms with van der Waals surface area (Å²) in [5.41, 5.74) is 1.78. The molecule has 18 heavy (non-hydrogen) atoms. The van der Waals surface area contributed by atoms with Gasteiger partial charge in [0.15, 0.2) is 0 Å². The number of nitriles is 1. The van der Waals surface area contributed by atoms with Crippen LogP contribution < -0.4 is 0 Å². The van der Waals surface area contributed by atoms with Gasteiger partial charge in [-0.3, -0.25) is 9.80 Å². The first-order valence-corrected chi connectivity index (χ1v) is 6.71. The zero-order valence-electron chi connectivity index (χ0n) is 10.7. The quantitative estimate of drug-likeness (QED) is 0.757. The van der Waals surface area contributed by atoms with Crippen LogP contribution in [0.2, 0.25) is 0 Å². The van der Waals surface area contributed by atoms with Gasteiger partial charge >= 0.3 is 0 Å². The molecule has 0 amide bonds. The summed E-state index contributed by atoms with van der Waals surface area (Å²) in [7, 11) is 0. The van der Waals surface area contributed by atoms with Crippen LogP contribution in [0.3, 0.4) is 0 Å². The topological polar surface area (TPSA) is 30.3 Å². The van der Waals surface area contributed by atoms with E-state index >= 15 is 0 Å². The van der Waals surface area contributed by atoms with Gasteiger partial charge in [-0.2, -0.15) is 5.26 Å². The predicted molar refractivity (Wildman–Crippen MR) is 70.9 cm³/mol. The Hall–Kier alpha value is -1.37. The van der Waals surface area contributed by atoms with Crippen LogP contribution in [0.4, 0.5) is 0 Å². The van der Waals surface area contributed by atoms with E-state index in [0.29, 0.717) is 12.1 Å². The lowest BCUT2D eigenvalue weighted by Gasteiger charge is -2.41. The maximum atomic E-state index is 8.80. The third kappa shape index (κ3) is 2.27. The number of hydrogen-bond acceptors (Lipinski definition) is 3. The Kier molecular flexibility index (Phi) is 3.07. The van der Waals surface area contributed by atoms with Gasteiger partial charge in [-0.25, -0.2) is 0 Å². The molecule has 3 nitrogen and oxygen atoms in total. The van der Waals surface area contributed by atoms with E-state index in [9.17, 15) is 0 Å². The van der Waals surface area contributed by atoms with Gasteiger partial charge in [-0.1, -0.05) is 30.3 Å². The van der Waals surface area contributed by atoms with Gasteiger partial charge in [0.05, 0.1) is 12.6 Å². The molecular formula is C15H19N3. The van der Waals surface area contributed by atoms with Crippen LogP contribution in [0.25, 0.3) is 0 Å². The standard InChI is InChI=1S/C15H19N3/c16-8-9-17-10-11-18(15(13-17)6-7-15)12-14-4-2-1-3-5-14/h1-5H,6-7,9-13H2. The van der Waals surface area contributed by atoms with E-state index in [1.54, 1.807) is 0 Å². The highest BCUT2D eigenvalue weighted by atomic mass is 15.3. The highest BCUT2D eigenvalue weighted by Crippen LogP contribution is 2.44. The zero-order valence-corrected chi connectivity index (χ0v) is 10.7. The summed E-state index contributed by atoms with van der Waals surface area (Å²) in [6.45, 7) is 4.84. The lowest BCUT2D eigenvalue weighted by Crippen LogP contribution is -2.54. The smallest absolute Gasteiger partial charge is 0.0867 e. The molecule has 0 N–H and O–H groups in total. The van der Waals surface area contributed by atoms with Gasteiger partial charge in [0.1, 0.15) is 0 Å². The second-order valence-corrected chi connectivity index (χ2v) is 5.50. The SMILES string of the molecule is N#CCN1CCN(Cc2ccccc2)C2(CC2)C1. The summed E-state index contributed by atoms with van der Waals surface area (Å²) >= 11 is 0. The minimum Gasteiger partial charge on any atom is -0.291 e. The Balaban J connectivity index is 1.66. The van der Waals surface area contributed by atoms with Crippen molar-refractivity contribution in [3.05, 3.63) is 35.9 Å². The normalized spacial score (nSPS) is 22.8. The van der Waals surface area contributed by atoms with E-state index in [-0.39, 0.29) is 0 Å². The molecule has 1 aromatic rings. The van der Waals surface area contributed by atoms with Crippen LogP contribution >= 0.6 is 0 Å². The van der Waals surface area contributed by atoms with Crippen molar-refractivity contribution in [2.24, 2.45) is 0 Å². The number of piperazine rings is 1. The van der Waals surface area contributed by atoms with E-state index in [2.05, 4.69) is 46.2 Å². The lowest BCUT2D eigenvalue weighted by molar-refractivity contribution is 0.0604. The molecule has 1 aliphatic carbocycles. The molecule has 1 saturated carbocycles. The third-order valence-corrected chi connectivity index (χ3v) is 4.21. The first-order valence-electron chi connectivity index (χ1n) is 6.71. The molecule has 1 saturated heterocycles. The van der Waals surface area contributed by atoms with Gasteiger partial charge in [0, 0.05) is 31.7 Å². The molecule has 94 valence electrons. The maximum Gasteiger partial charge on any atom is 0.0867 e. The molecule has 0 atom stereocenters. The van der Waals surface area contributed by atoms with Gasteiger partial charge in [0.25, 0.3) is 0 Å². The molecule has 0 radical (unpaired) electrons. The summed E-state index contributed by atoms with van der Waals surface area (Å²) in [4.78, 5) is 4.92. The Labute approximate surface area is 109 Å². The van der Waals surface area contributed by atoms with E-state index in [0.717, 1.165) is 26.2 Å². The number of rotatable bonds is 3. The molecule has 0 bridgehead atoms. The van der Waals surface area contributed by atoms with Crippen LogP contribution in [-0.4, -0.2) is 41.5 Å². The van der Waals surface area contributed by atoms with E-state index in [1.807, 2.05) is 0 Å².